The van der Waals surface area contributed by atoms with Crippen molar-refractivity contribution in [2.24, 2.45) is 0 Å². The first-order valence-corrected chi connectivity index (χ1v) is 9.88. The van der Waals surface area contributed by atoms with E-state index < -0.39 is 19.9 Å². The number of sulfonamides is 1. The largest absolute Gasteiger partial charge is 0.495 e. The number of ether oxygens (including phenoxy) is 1. The number of nitrogens with zero attached hydrogens (tertiary/aromatic N) is 1. The molecule has 0 radical (unpaired) electrons. The molecule has 1 aromatic heterocycles. The van der Waals surface area contributed by atoms with Crippen molar-refractivity contribution in [2.75, 3.05) is 13.4 Å². The summed E-state index contributed by atoms with van der Waals surface area (Å²) in [5.74, 6) is 0.0691. The minimum Gasteiger partial charge on any atom is -0.495 e. The Bertz CT molecular complexity index is 894. The average Bonchev–Trinajstić information content (AvgIpc) is 2.52. The molecule has 1 heterocycles. The Morgan fingerprint density at radius 1 is 1.09 bits per heavy atom. The van der Waals surface area contributed by atoms with Crippen molar-refractivity contribution in [1.82, 2.24) is 9.71 Å². The predicted molar refractivity (Wildman–Crippen MR) is 84.4 cm³/mol. The summed E-state index contributed by atoms with van der Waals surface area (Å²) in [7, 11) is -6.16. The van der Waals surface area contributed by atoms with Gasteiger partial charge in [0.15, 0.2) is 9.84 Å². The van der Waals surface area contributed by atoms with Crippen molar-refractivity contribution in [3.05, 3.63) is 48.3 Å². The number of hydrogen-bond donors (Lipinski definition) is 1. The highest BCUT2D eigenvalue weighted by Gasteiger charge is 2.22. The molecule has 0 fully saturated rings. The maximum atomic E-state index is 12.5. The molecule has 0 spiro atoms. The molecule has 0 saturated carbocycles. The van der Waals surface area contributed by atoms with Crippen LogP contribution in [-0.4, -0.2) is 35.2 Å². The van der Waals surface area contributed by atoms with Gasteiger partial charge in [-0.05, 0) is 35.9 Å². The molecular weight excluding hydrogens is 340 g/mol. The number of pyridine rings is 1. The van der Waals surface area contributed by atoms with E-state index in [4.69, 9.17) is 4.74 Å². The molecule has 0 aliphatic heterocycles. The van der Waals surface area contributed by atoms with Crippen LogP contribution in [0.15, 0.2) is 52.5 Å². The summed E-state index contributed by atoms with van der Waals surface area (Å²) in [5.41, 5.74) is 0.724. The van der Waals surface area contributed by atoms with E-state index in [1.165, 1.54) is 19.2 Å². The van der Waals surface area contributed by atoms with Crippen molar-refractivity contribution >= 4 is 19.9 Å². The van der Waals surface area contributed by atoms with E-state index in [-0.39, 0.29) is 22.1 Å². The fourth-order valence-corrected chi connectivity index (χ4v) is 3.79. The first kappa shape index (κ1) is 17.4. The van der Waals surface area contributed by atoms with Gasteiger partial charge in [0.2, 0.25) is 10.0 Å². The maximum Gasteiger partial charge on any atom is 0.244 e. The number of sulfone groups is 1. The van der Waals surface area contributed by atoms with Crippen molar-refractivity contribution in [3.63, 3.8) is 0 Å². The van der Waals surface area contributed by atoms with Gasteiger partial charge in [-0.3, -0.25) is 4.98 Å². The standard InChI is InChI=1S/C14H16N2O5S2/c1-21-13-4-3-12(22(2,17)18)9-14(13)23(19,20)16-10-11-5-7-15-8-6-11/h3-9,16H,10H2,1-2H3. The molecule has 2 rings (SSSR count). The topological polar surface area (TPSA) is 102 Å². The summed E-state index contributed by atoms with van der Waals surface area (Å²) >= 11 is 0. The summed E-state index contributed by atoms with van der Waals surface area (Å²) in [5, 5.41) is 0. The summed E-state index contributed by atoms with van der Waals surface area (Å²) in [6.45, 7) is 0.0527. The highest BCUT2D eigenvalue weighted by Crippen LogP contribution is 2.26. The van der Waals surface area contributed by atoms with Gasteiger partial charge in [-0.1, -0.05) is 0 Å². The lowest BCUT2D eigenvalue weighted by Crippen LogP contribution is -2.24. The minimum absolute atomic E-state index is 0.0527. The van der Waals surface area contributed by atoms with Crippen LogP contribution in [0.25, 0.3) is 0 Å². The highest BCUT2D eigenvalue weighted by molar-refractivity contribution is 7.91. The monoisotopic (exact) mass is 356 g/mol. The van der Waals surface area contributed by atoms with Gasteiger partial charge in [0.05, 0.1) is 12.0 Å². The Morgan fingerprint density at radius 2 is 1.74 bits per heavy atom. The van der Waals surface area contributed by atoms with E-state index in [1.54, 1.807) is 24.5 Å². The van der Waals surface area contributed by atoms with Crippen LogP contribution >= 0.6 is 0 Å². The van der Waals surface area contributed by atoms with E-state index in [1.807, 2.05) is 0 Å². The van der Waals surface area contributed by atoms with E-state index >= 15 is 0 Å². The zero-order valence-electron chi connectivity index (χ0n) is 12.6. The molecule has 0 unspecified atom stereocenters. The zero-order valence-corrected chi connectivity index (χ0v) is 14.2. The van der Waals surface area contributed by atoms with Gasteiger partial charge >= 0.3 is 0 Å². The summed E-state index contributed by atoms with van der Waals surface area (Å²) < 4.78 is 55.6. The van der Waals surface area contributed by atoms with E-state index in [0.29, 0.717) is 0 Å². The van der Waals surface area contributed by atoms with Crippen LogP contribution in [0.5, 0.6) is 5.75 Å². The number of methoxy groups -OCH3 is 1. The summed E-state index contributed by atoms with van der Waals surface area (Å²) in [6.07, 6.45) is 4.11. The second-order valence-electron chi connectivity index (χ2n) is 4.76. The predicted octanol–water partition coefficient (Wildman–Crippen LogP) is 0.972. The number of hydrogen-bond acceptors (Lipinski definition) is 6. The third-order valence-electron chi connectivity index (χ3n) is 3.07. The van der Waals surface area contributed by atoms with Crippen molar-refractivity contribution in [1.29, 1.82) is 0 Å². The first-order chi connectivity index (χ1) is 10.7. The minimum atomic E-state index is -3.94. The Kier molecular flexibility index (Phi) is 5.03. The number of benzene rings is 1. The fourth-order valence-electron chi connectivity index (χ4n) is 1.85. The smallest absolute Gasteiger partial charge is 0.244 e. The highest BCUT2D eigenvalue weighted by atomic mass is 32.2. The van der Waals surface area contributed by atoms with Crippen LogP contribution in [0.4, 0.5) is 0 Å². The molecule has 0 bridgehead atoms. The molecule has 7 nitrogen and oxygen atoms in total. The second-order valence-corrected chi connectivity index (χ2v) is 8.52. The Balaban J connectivity index is 2.38. The zero-order chi connectivity index (χ0) is 17.1. The van der Waals surface area contributed by atoms with Gasteiger partial charge in [0.25, 0.3) is 0 Å². The molecule has 1 N–H and O–H groups in total. The third kappa shape index (κ3) is 4.27. The molecule has 0 aliphatic rings. The SMILES string of the molecule is COc1ccc(S(C)(=O)=O)cc1S(=O)(=O)NCc1ccncc1. The molecule has 0 atom stereocenters. The molecule has 2 aromatic rings. The van der Waals surface area contributed by atoms with E-state index in [0.717, 1.165) is 17.9 Å². The summed E-state index contributed by atoms with van der Waals surface area (Å²) in [4.78, 5) is 3.53. The van der Waals surface area contributed by atoms with Crippen LogP contribution < -0.4 is 9.46 Å². The first-order valence-electron chi connectivity index (χ1n) is 6.51. The van der Waals surface area contributed by atoms with Crippen LogP contribution in [-0.2, 0) is 26.4 Å². The summed E-state index contributed by atoms with van der Waals surface area (Å²) in [6, 6.07) is 7.05. The average molecular weight is 356 g/mol. The number of aromatic nitrogens is 1. The Hall–Kier alpha value is -1.97. The fraction of sp³-hybridized carbons (Fsp3) is 0.214. The Morgan fingerprint density at radius 3 is 2.30 bits per heavy atom. The van der Waals surface area contributed by atoms with Crippen LogP contribution in [0.2, 0.25) is 0 Å². The van der Waals surface area contributed by atoms with Gasteiger partial charge < -0.3 is 4.74 Å². The van der Waals surface area contributed by atoms with Gasteiger partial charge in [-0.25, -0.2) is 21.6 Å². The van der Waals surface area contributed by atoms with Gasteiger partial charge in [-0.2, -0.15) is 0 Å². The second kappa shape index (κ2) is 6.65. The molecule has 0 saturated heterocycles. The maximum absolute atomic E-state index is 12.5. The van der Waals surface area contributed by atoms with Gasteiger partial charge in [0.1, 0.15) is 10.6 Å². The van der Waals surface area contributed by atoms with Crippen LogP contribution in [0, 0.1) is 0 Å². The van der Waals surface area contributed by atoms with Gasteiger partial charge in [-0.15, -0.1) is 0 Å². The normalized spacial score (nSPS) is 12.1. The third-order valence-corrected chi connectivity index (χ3v) is 5.60. The van der Waals surface area contributed by atoms with Gasteiger partial charge in [0, 0.05) is 25.2 Å². The molecule has 124 valence electrons. The lowest BCUT2D eigenvalue weighted by atomic mass is 10.3. The number of rotatable bonds is 6. The molecular formula is C14H16N2O5S2. The van der Waals surface area contributed by atoms with Crippen molar-refractivity contribution in [3.8, 4) is 5.75 Å². The van der Waals surface area contributed by atoms with E-state index in [2.05, 4.69) is 9.71 Å². The lowest BCUT2D eigenvalue weighted by molar-refractivity contribution is 0.401. The molecule has 23 heavy (non-hydrogen) atoms. The molecule has 1 aromatic carbocycles. The molecule has 9 heteroatoms. The lowest BCUT2D eigenvalue weighted by Gasteiger charge is -2.12. The van der Waals surface area contributed by atoms with Crippen LogP contribution in [0.1, 0.15) is 5.56 Å². The molecule has 0 aliphatic carbocycles. The van der Waals surface area contributed by atoms with Crippen molar-refractivity contribution in [2.45, 2.75) is 16.3 Å². The number of nitrogens with one attached hydrogen (secondary N) is 1. The Labute approximate surface area is 135 Å². The quantitative estimate of drug-likeness (QED) is 0.827. The van der Waals surface area contributed by atoms with Crippen molar-refractivity contribution < 1.29 is 21.6 Å². The van der Waals surface area contributed by atoms with E-state index in [9.17, 15) is 16.8 Å². The molecule has 0 amide bonds. The van der Waals surface area contributed by atoms with Crippen LogP contribution in [0.3, 0.4) is 0 Å².